The first-order chi connectivity index (χ1) is 26.1. The quantitative estimate of drug-likeness (QED) is 0.252. The lowest BCUT2D eigenvalue weighted by molar-refractivity contribution is -0.285. The number of benzene rings is 2. The number of hydrogen-bond acceptors (Lipinski definition) is 10. The second-order valence-corrected chi connectivity index (χ2v) is 16.9. The van der Waals surface area contributed by atoms with Crippen molar-refractivity contribution in [1.82, 2.24) is 14.5 Å². The Bertz CT molecular complexity index is 2050. The molecule has 6 aliphatic rings. The number of aryl methyl sites for hydroxylation is 1. The molecule has 11 nitrogen and oxygen atoms in total. The third kappa shape index (κ3) is 4.67. The number of fused-ring (bicyclic) bond motifs is 3. The molecular weight excluding hydrogens is 686 g/mol. The van der Waals surface area contributed by atoms with Gasteiger partial charge in [0, 0.05) is 75.3 Å². The van der Waals surface area contributed by atoms with Gasteiger partial charge in [0.25, 0.3) is 5.56 Å². The third-order valence-electron chi connectivity index (χ3n) is 15.2. The molecule has 288 valence electrons. The first-order valence-electron chi connectivity index (χ1n) is 20.0. The van der Waals surface area contributed by atoms with E-state index in [1.165, 1.54) is 11.5 Å². The number of carbonyl (C=O) groups excluding carboxylic acids is 2. The van der Waals surface area contributed by atoms with Gasteiger partial charge in [-0.1, -0.05) is 31.2 Å². The van der Waals surface area contributed by atoms with E-state index in [1.807, 2.05) is 37.4 Å². The Hall–Kier alpha value is -3.64. The van der Waals surface area contributed by atoms with Crippen LogP contribution in [0.5, 0.6) is 0 Å². The summed E-state index contributed by atoms with van der Waals surface area (Å²) in [7, 11) is 3.65. The minimum absolute atomic E-state index is 0.00889. The fourth-order valence-electron chi connectivity index (χ4n) is 13.8. The number of likely N-dealkylation sites (tertiary alicyclic amines) is 1. The van der Waals surface area contributed by atoms with Gasteiger partial charge in [-0.3, -0.25) is 19.1 Å². The van der Waals surface area contributed by atoms with Gasteiger partial charge >= 0.3 is 11.9 Å². The van der Waals surface area contributed by atoms with E-state index in [1.54, 1.807) is 32.2 Å². The summed E-state index contributed by atoms with van der Waals surface area (Å²) in [6, 6.07) is 14.7. The van der Waals surface area contributed by atoms with Crippen molar-refractivity contribution < 1.29 is 33.3 Å². The van der Waals surface area contributed by atoms with Gasteiger partial charge in [-0.25, -0.2) is 9.78 Å². The Morgan fingerprint density at radius 1 is 1.00 bits per heavy atom. The molecule has 2 heterocycles. The molecule has 0 amide bonds. The zero-order valence-electron chi connectivity index (χ0n) is 32.3. The first-order valence-corrected chi connectivity index (χ1v) is 20.0. The summed E-state index contributed by atoms with van der Waals surface area (Å²) in [4.78, 5) is 48.3. The molecule has 11 heteroatoms. The van der Waals surface area contributed by atoms with Gasteiger partial charge in [-0.2, -0.15) is 0 Å². The molecule has 5 aliphatic carbocycles. The van der Waals surface area contributed by atoms with Crippen LogP contribution in [0.1, 0.15) is 69.1 Å². The lowest BCUT2D eigenvalue weighted by Crippen LogP contribution is -2.77. The van der Waals surface area contributed by atoms with Gasteiger partial charge in [-0.15, -0.1) is 0 Å². The van der Waals surface area contributed by atoms with Crippen LogP contribution >= 0.6 is 0 Å². The molecule has 0 radical (unpaired) electrons. The maximum absolute atomic E-state index is 14.4. The van der Waals surface area contributed by atoms with Crippen LogP contribution < -0.4 is 5.56 Å². The summed E-state index contributed by atoms with van der Waals surface area (Å²) in [5, 5.41) is 0.491. The first kappa shape index (κ1) is 36.0. The fourth-order valence-corrected chi connectivity index (χ4v) is 13.8. The molecule has 54 heavy (non-hydrogen) atoms. The van der Waals surface area contributed by atoms with E-state index < -0.39 is 11.6 Å². The number of nitrogens with zero attached hydrogens (tertiary/aromatic N) is 3. The molecule has 1 unspecified atom stereocenters. The molecule has 1 saturated heterocycles. The normalized spacial score (nSPS) is 38.7. The zero-order valence-corrected chi connectivity index (χ0v) is 32.3. The highest BCUT2D eigenvalue weighted by atomic mass is 16.6. The smallest absolute Gasteiger partial charge is 0.340 e. The monoisotopic (exact) mass is 739 g/mol. The number of ether oxygens (including phenoxy) is 5. The Morgan fingerprint density at radius 3 is 2.52 bits per heavy atom. The number of aromatic nitrogens is 2. The highest BCUT2D eigenvalue weighted by Crippen LogP contribution is 2.80. The zero-order chi connectivity index (χ0) is 37.7. The summed E-state index contributed by atoms with van der Waals surface area (Å²) < 4.78 is 34.3. The SMILES string of the molecule is CCO[C@]12C[C@H](OC)[C@@H]3C[C@H]([C@@H]1[C@H]3OC(C)=O)[C@@]13C4[C@@H]2C[C@@H]1[C@@](COC(=O)c1ccccc1-n1c(C)nc2ccccc2c1=O)(CC[C@@H]3OC)CN4CC. The van der Waals surface area contributed by atoms with Crippen molar-refractivity contribution in [2.45, 2.75) is 89.8 Å². The Balaban J connectivity index is 1.12. The van der Waals surface area contributed by atoms with Crippen LogP contribution in [-0.4, -0.2) is 96.9 Å². The molecule has 2 aromatic carbocycles. The van der Waals surface area contributed by atoms with Crippen LogP contribution in [-0.2, 0) is 28.5 Å². The van der Waals surface area contributed by atoms with Crippen LogP contribution in [0.25, 0.3) is 16.6 Å². The molecule has 0 N–H and O–H groups in total. The van der Waals surface area contributed by atoms with Gasteiger partial charge < -0.3 is 23.7 Å². The number of rotatable bonds is 10. The highest BCUT2D eigenvalue weighted by Gasteiger charge is 2.84. The Morgan fingerprint density at radius 2 is 1.78 bits per heavy atom. The van der Waals surface area contributed by atoms with Crippen molar-refractivity contribution in [2.24, 2.45) is 40.4 Å². The summed E-state index contributed by atoms with van der Waals surface area (Å²) in [6.45, 7) is 10.1. The van der Waals surface area contributed by atoms with Crippen LogP contribution in [0, 0.1) is 47.3 Å². The molecule has 5 saturated carbocycles. The van der Waals surface area contributed by atoms with Crippen molar-refractivity contribution in [2.75, 3.05) is 40.5 Å². The lowest BCUT2D eigenvalue weighted by atomic mass is 9.43. The molecule has 1 aromatic heterocycles. The van der Waals surface area contributed by atoms with Crippen LogP contribution in [0.15, 0.2) is 53.3 Å². The second kappa shape index (κ2) is 13.0. The maximum Gasteiger partial charge on any atom is 0.340 e. The van der Waals surface area contributed by atoms with Gasteiger partial charge in [0.1, 0.15) is 11.9 Å². The van der Waals surface area contributed by atoms with Gasteiger partial charge in [0.2, 0.25) is 0 Å². The Labute approximate surface area is 316 Å². The standard InChI is InChI=1S/C43H53N3O8/c1-7-45-22-41(23-52-40(49)27-14-10-12-16-32(27)46-24(3)44-31-15-11-9-13-26(31)39(46)48)18-17-35(51-6)43-29-19-28-33(50-5)21-42(53-8-2,30(38(43)45)20-34(41)43)36(29)37(28)54-25(4)47/h9-16,28-30,33-38H,7-8,17-23H2,1-6H3/t28-,29+,30-,33-,34+,35-,36+,37-,38?,41-,42-,43+/m0/s1. The largest absolute Gasteiger partial charge is 0.462 e. The molecule has 1 spiro atoms. The average Bonchev–Trinajstić information content (AvgIpc) is 3.60. The minimum Gasteiger partial charge on any atom is -0.462 e. The number of para-hydroxylation sites is 2. The fraction of sp³-hybridized carbons (Fsp3) is 0.628. The Kier molecular flexibility index (Phi) is 8.65. The number of esters is 2. The van der Waals surface area contributed by atoms with Crippen molar-refractivity contribution in [1.29, 1.82) is 0 Å². The van der Waals surface area contributed by atoms with E-state index in [-0.39, 0.29) is 82.9 Å². The second-order valence-electron chi connectivity index (χ2n) is 16.9. The van der Waals surface area contributed by atoms with Crippen LogP contribution in [0.3, 0.4) is 0 Å². The van der Waals surface area contributed by atoms with E-state index in [0.29, 0.717) is 34.6 Å². The summed E-state index contributed by atoms with van der Waals surface area (Å²) in [5.74, 6) is 0.454. The predicted octanol–water partition coefficient (Wildman–Crippen LogP) is 5.36. The summed E-state index contributed by atoms with van der Waals surface area (Å²) in [6.07, 6.45) is 3.96. The molecular formula is C43H53N3O8. The minimum atomic E-state index is -0.517. The predicted molar refractivity (Wildman–Crippen MR) is 200 cm³/mol. The van der Waals surface area contributed by atoms with Crippen molar-refractivity contribution in [3.63, 3.8) is 0 Å². The summed E-state index contributed by atoms with van der Waals surface area (Å²) >= 11 is 0. The van der Waals surface area contributed by atoms with Gasteiger partial charge in [-0.05, 0) is 82.2 Å². The van der Waals surface area contributed by atoms with Crippen molar-refractivity contribution >= 4 is 22.8 Å². The van der Waals surface area contributed by atoms with Gasteiger partial charge in [0.15, 0.2) is 0 Å². The number of methoxy groups -OCH3 is 2. The maximum atomic E-state index is 14.4. The van der Waals surface area contributed by atoms with Crippen LogP contribution in [0.4, 0.5) is 0 Å². The van der Waals surface area contributed by atoms with E-state index in [0.717, 1.165) is 45.2 Å². The highest BCUT2D eigenvalue weighted by molar-refractivity contribution is 5.93. The van der Waals surface area contributed by atoms with E-state index in [2.05, 4.69) is 18.7 Å². The molecule has 6 fully saturated rings. The van der Waals surface area contributed by atoms with E-state index in [4.69, 9.17) is 28.7 Å². The molecule has 1 aliphatic heterocycles. The molecule has 3 aromatic rings. The van der Waals surface area contributed by atoms with Gasteiger partial charge in [0.05, 0.1) is 46.6 Å². The van der Waals surface area contributed by atoms with Crippen LogP contribution in [0.2, 0.25) is 0 Å². The number of hydrogen-bond donors (Lipinski definition) is 0. The molecule has 9 rings (SSSR count). The van der Waals surface area contributed by atoms with Crippen molar-refractivity contribution in [3.8, 4) is 5.69 Å². The topological polar surface area (TPSA) is 118 Å². The number of piperidine rings is 1. The van der Waals surface area contributed by atoms with E-state index >= 15 is 0 Å². The lowest BCUT2D eigenvalue weighted by Gasteiger charge is -2.70. The van der Waals surface area contributed by atoms with Crippen molar-refractivity contribution in [3.05, 3.63) is 70.3 Å². The van der Waals surface area contributed by atoms with E-state index in [9.17, 15) is 14.4 Å². The summed E-state index contributed by atoms with van der Waals surface area (Å²) in [5.41, 5.74) is 0.118. The third-order valence-corrected chi connectivity index (χ3v) is 15.2. The molecule has 7 bridgehead atoms. The number of carbonyl (C=O) groups is 2. The average molecular weight is 740 g/mol. The molecule has 12 atom stereocenters.